The third-order valence-corrected chi connectivity index (χ3v) is 1.85. The number of unbranched alkanes of at least 4 members (excludes halogenated alkanes) is 5. The molecule has 0 aliphatic carbocycles. The first-order valence-corrected chi connectivity index (χ1v) is 4.95. The lowest BCUT2D eigenvalue weighted by atomic mass is 10.1. The van der Waals surface area contributed by atoms with Gasteiger partial charge in [0, 0.05) is 13.5 Å². The Hall–Kier alpha value is -0.530. The molecule has 2 nitrogen and oxygen atoms in total. The molecule has 0 aromatic heterocycles. The van der Waals surface area contributed by atoms with Crippen molar-refractivity contribution in [1.29, 1.82) is 0 Å². The lowest BCUT2D eigenvalue weighted by molar-refractivity contribution is -0.119. The van der Waals surface area contributed by atoms with Gasteiger partial charge in [-0.2, -0.15) is 0 Å². The van der Waals surface area contributed by atoms with Gasteiger partial charge in [0.15, 0.2) is 0 Å². The minimum absolute atomic E-state index is 0.0384. The Morgan fingerprint density at radius 1 is 1.08 bits per heavy atom. The Labute approximate surface area is 75.7 Å². The van der Waals surface area contributed by atoms with Crippen molar-refractivity contribution in [3.05, 3.63) is 0 Å². The quantitative estimate of drug-likeness (QED) is 0.540. The van der Waals surface area contributed by atoms with Gasteiger partial charge in [-0.25, -0.2) is 0 Å². The molecule has 0 bridgehead atoms. The number of rotatable bonds is 7. The molecule has 0 aromatic rings. The maximum atomic E-state index is 10.4. The zero-order chi connectivity index (χ0) is 9.23. The summed E-state index contributed by atoms with van der Waals surface area (Å²) in [6.45, 7) is 4.45. The predicted molar refractivity (Wildman–Crippen MR) is 51.1 cm³/mol. The van der Waals surface area contributed by atoms with Gasteiger partial charge >= 0.3 is 0 Å². The summed E-state index contributed by atoms with van der Waals surface area (Å²) in [5.74, 6) is -0.0384. The molecular weight excluding hydrogens is 150 g/mol. The van der Waals surface area contributed by atoms with E-state index in [0.29, 0.717) is 0 Å². The van der Waals surface area contributed by atoms with Gasteiger partial charge in [0.25, 0.3) is 0 Å². The van der Waals surface area contributed by atoms with Gasteiger partial charge < -0.3 is 0 Å². The zero-order valence-electron chi connectivity index (χ0n) is 8.31. The minimum Gasteiger partial charge on any atom is -0.273 e. The number of hydrogen-bond acceptors (Lipinski definition) is 1. The summed E-state index contributed by atoms with van der Waals surface area (Å²) >= 11 is 0. The second kappa shape index (κ2) is 8.57. The van der Waals surface area contributed by atoms with Crippen LogP contribution in [0.5, 0.6) is 0 Å². The van der Waals surface area contributed by atoms with E-state index in [-0.39, 0.29) is 5.91 Å². The third kappa shape index (κ3) is 9.47. The van der Waals surface area contributed by atoms with Crippen molar-refractivity contribution >= 4 is 5.91 Å². The first-order valence-electron chi connectivity index (χ1n) is 4.95. The van der Waals surface area contributed by atoms with Gasteiger partial charge in [-0.15, -0.1) is 0 Å². The lowest BCUT2D eigenvalue weighted by Crippen LogP contribution is -2.12. The van der Waals surface area contributed by atoms with Crippen molar-refractivity contribution in [3.8, 4) is 0 Å². The number of carbonyl (C=O) groups is 1. The van der Waals surface area contributed by atoms with Gasteiger partial charge in [0.1, 0.15) is 0 Å². The van der Waals surface area contributed by atoms with Crippen LogP contribution < -0.4 is 5.32 Å². The van der Waals surface area contributed by atoms with Gasteiger partial charge in [-0.3, -0.25) is 10.1 Å². The van der Waals surface area contributed by atoms with E-state index in [1.807, 2.05) is 0 Å². The second-order valence-corrected chi connectivity index (χ2v) is 3.17. The molecule has 0 aromatic carbocycles. The van der Waals surface area contributed by atoms with Crippen LogP contribution in [0.25, 0.3) is 0 Å². The summed E-state index contributed by atoms with van der Waals surface area (Å²) in [7, 11) is 0. The van der Waals surface area contributed by atoms with E-state index in [9.17, 15) is 4.79 Å². The summed E-state index contributed by atoms with van der Waals surface area (Å²) in [5.41, 5.74) is 0. The van der Waals surface area contributed by atoms with Crippen molar-refractivity contribution in [1.82, 2.24) is 5.32 Å². The van der Waals surface area contributed by atoms with Crippen molar-refractivity contribution in [2.24, 2.45) is 0 Å². The normalized spacial score (nSPS) is 9.83. The Bertz CT molecular complexity index is 112. The summed E-state index contributed by atoms with van der Waals surface area (Å²) in [6, 6.07) is 0. The summed E-state index contributed by atoms with van der Waals surface area (Å²) in [6.07, 6.45) is 7.54. The van der Waals surface area contributed by atoms with Gasteiger partial charge in [0.05, 0.1) is 0 Å². The van der Waals surface area contributed by atoms with E-state index >= 15 is 0 Å². The standard InChI is InChI=1S/C10H20NO/c1-3-4-5-6-7-8-9-11-10(2)12/h3-9H2,1-2H3. The maximum Gasteiger partial charge on any atom is 0.238 e. The zero-order valence-corrected chi connectivity index (χ0v) is 8.31. The molecule has 0 atom stereocenters. The SMILES string of the molecule is CCCCCCCC[N]C(C)=O. The summed E-state index contributed by atoms with van der Waals surface area (Å²) in [4.78, 5) is 10.4. The monoisotopic (exact) mass is 170 g/mol. The van der Waals surface area contributed by atoms with Crippen molar-refractivity contribution in [2.45, 2.75) is 52.4 Å². The fourth-order valence-corrected chi connectivity index (χ4v) is 1.13. The molecule has 0 rings (SSSR count). The van der Waals surface area contributed by atoms with Crippen molar-refractivity contribution < 1.29 is 4.79 Å². The molecule has 12 heavy (non-hydrogen) atoms. The molecular formula is C10H20NO. The van der Waals surface area contributed by atoms with E-state index in [1.54, 1.807) is 0 Å². The van der Waals surface area contributed by atoms with Crippen LogP contribution in [0.1, 0.15) is 52.4 Å². The van der Waals surface area contributed by atoms with Gasteiger partial charge in [0.2, 0.25) is 5.91 Å². The van der Waals surface area contributed by atoms with Crippen LogP contribution in [-0.2, 0) is 4.79 Å². The van der Waals surface area contributed by atoms with Crippen LogP contribution in [0.3, 0.4) is 0 Å². The van der Waals surface area contributed by atoms with Crippen LogP contribution in [0.4, 0.5) is 0 Å². The highest BCUT2D eigenvalue weighted by atomic mass is 16.1. The van der Waals surface area contributed by atoms with Crippen LogP contribution in [0.15, 0.2) is 0 Å². The average Bonchev–Trinajstić information content (AvgIpc) is 2.02. The first-order chi connectivity index (χ1) is 5.77. The van der Waals surface area contributed by atoms with Gasteiger partial charge in [-0.1, -0.05) is 39.0 Å². The lowest BCUT2D eigenvalue weighted by Gasteiger charge is -1.99. The van der Waals surface area contributed by atoms with Crippen molar-refractivity contribution in [2.75, 3.05) is 6.54 Å². The molecule has 0 saturated heterocycles. The molecule has 1 amide bonds. The first kappa shape index (κ1) is 11.5. The average molecular weight is 170 g/mol. The van der Waals surface area contributed by atoms with E-state index in [0.717, 1.165) is 13.0 Å². The third-order valence-electron chi connectivity index (χ3n) is 1.85. The van der Waals surface area contributed by atoms with E-state index in [4.69, 9.17) is 0 Å². The molecule has 0 saturated carbocycles. The number of amides is 1. The summed E-state index contributed by atoms with van der Waals surface area (Å²) in [5, 5.41) is 3.80. The predicted octanol–water partition coefficient (Wildman–Crippen LogP) is 2.50. The number of nitrogens with zero attached hydrogens (tertiary/aromatic N) is 1. The highest BCUT2D eigenvalue weighted by Crippen LogP contribution is 2.03. The molecule has 0 N–H and O–H groups in total. The molecule has 2 heteroatoms. The molecule has 0 spiro atoms. The topological polar surface area (TPSA) is 31.2 Å². The highest BCUT2D eigenvalue weighted by molar-refractivity contribution is 5.72. The van der Waals surface area contributed by atoms with Crippen LogP contribution in [-0.4, -0.2) is 12.5 Å². The molecule has 0 unspecified atom stereocenters. The second-order valence-electron chi connectivity index (χ2n) is 3.17. The van der Waals surface area contributed by atoms with E-state index < -0.39 is 0 Å². The van der Waals surface area contributed by atoms with Crippen LogP contribution in [0, 0.1) is 0 Å². The fraction of sp³-hybridized carbons (Fsp3) is 0.900. The Morgan fingerprint density at radius 3 is 2.25 bits per heavy atom. The molecule has 0 fully saturated rings. The van der Waals surface area contributed by atoms with Crippen LogP contribution >= 0.6 is 0 Å². The van der Waals surface area contributed by atoms with Gasteiger partial charge in [-0.05, 0) is 6.42 Å². The maximum absolute atomic E-state index is 10.4. The highest BCUT2D eigenvalue weighted by Gasteiger charge is 1.93. The molecule has 0 heterocycles. The summed E-state index contributed by atoms with van der Waals surface area (Å²) < 4.78 is 0. The Morgan fingerprint density at radius 2 is 1.67 bits per heavy atom. The molecule has 71 valence electrons. The number of carbonyl (C=O) groups excluding carboxylic acids is 1. The Balaban J connectivity index is 2.86. The fourth-order valence-electron chi connectivity index (χ4n) is 1.13. The largest absolute Gasteiger partial charge is 0.273 e. The molecule has 0 aliphatic heterocycles. The van der Waals surface area contributed by atoms with Crippen LogP contribution in [0.2, 0.25) is 0 Å². The smallest absolute Gasteiger partial charge is 0.238 e. The number of hydrogen-bond donors (Lipinski definition) is 0. The minimum atomic E-state index is -0.0384. The van der Waals surface area contributed by atoms with E-state index in [1.165, 1.54) is 39.0 Å². The van der Waals surface area contributed by atoms with E-state index in [2.05, 4.69) is 12.2 Å². The molecule has 1 radical (unpaired) electrons. The molecule has 0 aliphatic rings. The Kier molecular flexibility index (Phi) is 8.19. The van der Waals surface area contributed by atoms with Crippen molar-refractivity contribution in [3.63, 3.8) is 0 Å².